The topological polar surface area (TPSA) is 68.2 Å². The molecule has 2 atom stereocenters. The van der Waals surface area contributed by atoms with Crippen LogP contribution in [0.25, 0.3) is 0 Å². The van der Waals surface area contributed by atoms with Gasteiger partial charge in [0.25, 0.3) is 0 Å². The maximum absolute atomic E-state index is 12.3. The number of amides is 1. The largest absolute Gasteiger partial charge is 0.378 e. The van der Waals surface area contributed by atoms with E-state index in [1.165, 1.54) is 0 Å². The summed E-state index contributed by atoms with van der Waals surface area (Å²) in [6, 6.07) is -0.218. The maximum atomic E-state index is 12.3. The van der Waals surface area contributed by atoms with Crippen LogP contribution in [0.15, 0.2) is 18.7 Å². The molecule has 2 unspecified atom stereocenters. The van der Waals surface area contributed by atoms with Crippen LogP contribution in [0.5, 0.6) is 0 Å². The molecule has 6 nitrogen and oxygen atoms in total. The summed E-state index contributed by atoms with van der Waals surface area (Å²) in [6.07, 6.45) is 5.43. The standard InChI is InChI=1S/C14H24N4O2/c1-14(2,3)12(8-18-6-4-15-10-18)17-13(19)11-9-20-7-5-16-11/h4,6,10-12,16H,5,7-9H2,1-3H3,(H,17,19). The molecule has 2 rings (SSSR count). The first kappa shape index (κ1) is 15.0. The van der Waals surface area contributed by atoms with Gasteiger partial charge >= 0.3 is 0 Å². The Kier molecular flexibility index (Phi) is 4.77. The highest BCUT2D eigenvalue weighted by Crippen LogP contribution is 2.21. The van der Waals surface area contributed by atoms with E-state index < -0.39 is 0 Å². The first-order valence-corrected chi connectivity index (χ1v) is 7.04. The van der Waals surface area contributed by atoms with E-state index >= 15 is 0 Å². The summed E-state index contributed by atoms with van der Waals surface area (Å²) < 4.78 is 7.32. The van der Waals surface area contributed by atoms with E-state index in [0.29, 0.717) is 19.8 Å². The molecule has 6 heteroatoms. The molecular weight excluding hydrogens is 256 g/mol. The fourth-order valence-corrected chi connectivity index (χ4v) is 2.15. The Morgan fingerprint density at radius 2 is 2.40 bits per heavy atom. The van der Waals surface area contributed by atoms with Crippen molar-refractivity contribution in [2.24, 2.45) is 5.41 Å². The number of aromatic nitrogens is 2. The number of nitrogens with one attached hydrogen (secondary N) is 2. The highest BCUT2D eigenvalue weighted by Gasteiger charge is 2.30. The molecule has 1 aromatic heterocycles. The van der Waals surface area contributed by atoms with Crippen molar-refractivity contribution < 1.29 is 9.53 Å². The molecule has 0 radical (unpaired) electrons. The summed E-state index contributed by atoms with van der Waals surface area (Å²) in [5, 5.41) is 6.31. The van der Waals surface area contributed by atoms with Crippen molar-refractivity contribution in [3.63, 3.8) is 0 Å². The van der Waals surface area contributed by atoms with Crippen LogP contribution in [0.4, 0.5) is 0 Å². The van der Waals surface area contributed by atoms with E-state index in [0.717, 1.165) is 6.54 Å². The average molecular weight is 280 g/mol. The molecule has 0 aromatic carbocycles. The molecule has 1 amide bonds. The average Bonchev–Trinajstić information content (AvgIpc) is 2.91. The normalized spacial score (nSPS) is 21.4. The van der Waals surface area contributed by atoms with Gasteiger partial charge in [-0.1, -0.05) is 20.8 Å². The van der Waals surface area contributed by atoms with Crippen molar-refractivity contribution in [1.29, 1.82) is 0 Å². The lowest BCUT2D eigenvalue weighted by atomic mass is 9.86. The lowest BCUT2D eigenvalue weighted by Gasteiger charge is -2.33. The maximum Gasteiger partial charge on any atom is 0.239 e. The van der Waals surface area contributed by atoms with Gasteiger partial charge in [-0.2, -0.15) is 0 Å². The van der Waals surface area contributed by atoms with Gasteiger partial charge in [0.2, 0.25) is 5.91 Å². The predicted octanol–water partition coefficient (Wildman–Crippen LogP) is 0.402. The lowest BCUT2D eigenvalue weighted by Crippen LogP contribution is -2.56. The van der Waals surface area contributed by atoms with Gasteiger partial charge in [-0.05, 0) is 5.41 Å². The number of ether oxygens (including phenoxy) is 1. The number of morpholine rings is 1. The van der Waals surface area contributed by atoms with Crippen LogP contribution in [0.1, 0.15) is 20.8 Å². The fourth-order valence-electron chi connectivity index (χ4n) is 2.15. The Hall–Kier alpha value is -1.40. The molecule has 1 aliphatic heterocycles. The Morgan fingerprint density at radius 1 is 1.60 bits per heavy atom. The molecule has 112 valence electrons. The van der Waals surface area contributed by atoms with Crippen LogP contribution in [0, 0.1) is 5.41 Å². The first-order chi connectivity index (χ1) is 9.47. The zero-order valence-electron chi connectivity index (χ0n) is 12.4. The monoisotopic (exact) mass is 280 g/mol. The fraction of sp³-hybridized carbons (Fsp3) is 0.714. The molecule has 1 saturated heterocycles. The number of imidazole rings is 1. The summed E-state index contributed by atoms with van der Waals surface area (Å²) in [6.45, 7) is 8.91. The van der Waals surface area contributed by atoms with E-state index in [1.54, 1.807) is 12.5 Å². The number of rotatable bonds is 4. The Balaban J connectivity index is 1.98. The number of carbonyl (C=O) groups excluding carboxylic acids is 1. The minimum absolute atomic E-state index is 0.00439. The van der Waals surface area contributed by atoms with Crippen molar-refractivity contribution in [3.8, 4) is 0 Å². The van der Waals surface area contributed by atoms with Crippen LogP contribution in [-0.4, -0.2) is 47.3 Å². The predicted molar refractivity (Wildman–Crippen MR) is 76.2 cm³/mol. The third-order valence-corrected chi connectivity index (χ3v) is 3.55. The van der Waals surface area contributed by atoms with Gasteiger partial charge in [0.15, 0.2) is 0 Å². The van der Waals surface area contributed by atoms with Gasteiger partial charge in [0.1, 0.15) is 6.04 Å². The van der Waals surface area contributed by atoms with Crippen LogP contribution in [0.3, 0.4) is 0 Å². The summed E-state index contributed by atoms with van der Waals surface area (Å²) in [5.74, 6) is 0.00439. The zero-order valence-corrected chi connectivity index (χ0v) is 12.4. The minimum Gasteiger partial charge on any atom is -0.378 e. The molecule has 0 spiro atoms. The minimum atomic E-state index is -0.253. The molecule has 1 fully saturated rings. The zero-order chi connectivity index (χ0) is 14.6. The van der Waals surface area contributed by atoms with Crippen LogP contribution in [0.2, 0.25) is 0 Å². The van der Waals surface area contributed by atoms with E-state index in [9.17, 15) is 4.79 Å². The molecule has 0 saturated carbocycles. The van der Waals surface area contributed by atoms with Gasteiger partial charge in [-0.25, -0.2) is 4.98 Å². The number of nitrogens with zero attached hydrogens (tertiary/aromatic N) is 2. The molecule has 1 aromatic rings. The first-order valence-electron chi connectivity index (χ1n) is 7.04. The Labute approximate surface area is 119 Å². The second-order valence-corrected chi connectivity index (χ2v) is 6.27. The quantitative estimate of drug-likeness (QED) is 0.838. The molecule has 0 bridgehead atoms. The highest BCUT2D eigenvalue weighted by molar-refractivity contribution is 5.82. The second-order valence-electron chi connectivity index (χ2n) is 6.27. The van der Waals surface area contributed by atoms with Gasteiger partial charge in [0.05, 0.1) is 25.6 Å². The number of carbonyl (C=O) groups is 1. The van der Waals surface area contributed by atoms with Crippen LogP contribution in [-0.2, 0) is 16.1 Å². The van der Waals surface area contributed by atoms with Crippen molar-refractivity contribution in [3.05, 3.63) is 18.7 Å². The third kappa shape index (κ3) is 4.05. The molecule has 2 heterocycles. The van der Waals surface area contributed by atoms with E-state index in [2.05, 4.69) is 36.4 Å². The van der Waals surface area contributed by atoms with Crippen molar-refractivity contribution in [1.82, 2.24) is 20.2 Å². The second kappa shape index (κ2) is 6.37. The molecule has 1 aliphatic rings. The summed E-state index contributed by atoms with van der Waals surface area (Å²) in [7, 11) is 0. The number of hydrogen-bond donors (Lipinski definition) is 2. The Bertz CT molecular complexity index is 419. The molecule has 20 heavy (non-hydrogen) atoms. The molecule has 0 aliphatic carbocycles. The van der Waals surface area contributed by atoms with E-state index in [4.69, 9.17) is 4.74 Å². The van der Waals surface area contributed by atoms with Crippen LogP contribution < -0.4 is 10.6 Å². The van der Waals surface area contributed by atoms with E-state index in [-0.39, 0.29) is 23.4 Å². The lowest BCUT2D eigenvalue weighted by molar-refractivity contribution is -0.127. The van der Waals surface area contributed by atoms with Crippen molar-refractivity contribution in [2.75, 3.05) is 19.8 Å². The summed E-state index contributed by atoms with van der Waals surface area (Å²) >= 11 is 0. The summed E-state index contributed by atoms with van der Waals surface area (Å²) in [4.78, 5) is 16.3. The van der Waals surface area contributed by atoms with Gasteiger partial charge in [-0.3, -0.25) is 4.79 Å². The molecule has 2 N–H and O–H groups in total. The van der Waals surface area contributed by atoms with Gasteiger partial charge in [-0.15, -0.1) is 0 Å². The molecular formula is C14H24N4O2. The van der Waals surface area contributed by atoms with Gasteiger partial charge < -0.3 is 19.9 Å². The highest BCUT2D eigenvalue weighted by atomic mass is 16.5. The summed E-state index contributed by atoms with van der Waals surface area (Å²) in [5.41, 5.74) is -0.0323. The number of hydrogen-bond acceptors (Lipinski definition) is 4. The smallest absolute Gasteiger partial charge is 0.239 e. The van der Waals surface area contributed by atoms with Crippen LogP contribution >= 0.6 is 0 Å². The third-order valence-electron chi connectivity index (χ3n) is 3.55. The Morgan fingerprint density at radius 3 is 2.95 bits per heavy atom. The van der Waals surface area contributed by atoms with E-state index in [1.807, 2.05) is 10.8 Å². The SMILES string of the molecule is CC(C)(C)C(Cn1ccnc1)NC(=O)C1COCCN1. The van der Waals surface area contributed by atoms with Crippen molar-refractivity contribution in [2.45, 2.75) is 39.4 Å². The van der Waals surface area contributed by atoms with Gasteiger partial charge in [0, 0.05) is 25.5 Å². The van der Waals surface area contributed by atoms with Crippen molar-refractivity contribution >= 4 is 5.91 Å².